The Morgan fingerprint density at radius 3 is 2.75 bits per heavy atom. The van der Waals surface area contributed by atoms with Crippen molar-refractivity contribution < 1.29 is 4.79 Å². The highest BCUT2D eigenvalue weighted by molar-refractivity contribution is 5.78. The Morgan fingerprint density at radius 2 is 2.17 bits per heavy atom. The minimum Gasteiger partial charge on any atom is -0.320 e. The van der Waals surface area contributed by atoms with Gasteiger partial charge in [0.05, 0.1) is 0 Å². The molecule has 0 radical (unpaired) electrons. The van der Waals surface area contributed by atoms with Crippen molar-refractivity contribution in [3.8, 4) is 11.8 Å². The maximum Gasteiger partial charge on any atom is 0.133 e. The lowest BCUT2D eigenvalue weighted by Crippen LogP contribution is -2.09. The van der Waals surface area contributed by atoms with Crippen LogP contribution in [0.25, 0.3) is 0 Å². The van der Waals surface area contributed by atoms with Gasteiger partial charge in [-0.2, -0.15) is 0 Å². The zero-order valence-corrected chi connectivity index (χ0v) is 7.94. The van der Waals surface area contributed by atoms with Gasteiger partial charge >= 0.3 is 0 Å². The predicted octanol–water partition coefficient (Wildman–Crippen LogP) is 1.36. The van der Waals surface area contributed by atoms with E-state index >= 15 is 0 Å². The first kappa shape index (κ1) is 11.2. The van der Waals surface area contributed by atoms with Crippen LogP contribution in [0, 0.1) is 11.8 Å². The zero-order valence-electron chi connectivity index (χ0n) is 7.94. The quantitative estimate of drug-likeness (QED) is 0.478. The summed E-state index contributed by atoms with van der Waals surface area (Å²) in [6.45, 7) is 2.72. The third-order valence-electron chi connectivity index (χ3n) is 1.59. The molecule has 0 aliphatic carbocycles. The minimum atomic E-state index is 0.327. The van der Waals surface area contributed by atoms with Gasteiger partial charge in [-0.25, -0.2) is 0 Å². The summed E-state index contributed by atoms with van der Waals surface area (Å²) < 4.78 is 0. The van der Waals surface area contributed by atoms with Crippen LogP contribution in [0.2, 0.25) is 0 Å². The van der Waals surface area contributed by atoms with E-state index in [1.165, 1.54) is 0 Å². The number of ketones is 1. The first-order chi connectivity index (χ1) is 5.81. The fourth-order valence-corrected chi connectivity index (χ4v) is 0.914. The van der Waals surface area contributed by atoms with Gasteiger partial charge in [-0.3, -0.25) is 4.79 Å². The van der Waals surface area contributed by atoms with Gasteiger partial charge in [0.15, 0.2) is 0 Å². The van der Waals surface area contributed by atoms with Crippen molar-refractivity contribution in [2.24, 2.45) is 0 Å². The first-order valence-corrected chi connectivity index (χ1v) is 4.37. The molecule has 0 bridgehead atoms. The van der Waals surface area contributed by atoms with Crippen molar-refractivity contribution in [3.05, 3.63) is 0 Å². The molecule has 0 aromatic rings. The number of hydrogen-bond acceptors (Lipinski definition) is 2. The molecule has 2 nitrogen and oxygen atoms in total. The molecule has 12 heavy (non-hydrogen) atoms. The van der Waals surface area contributed by atoms with E-state index in [4.69, 9.17) is 0 Å². The molecule has 0 saturated carbocycles. The van der Waals surface area contributed by atoms with Crippen LogP contribution < -0.4 is 5.32 Å². The summed E-state index contributed by atoms with van der Waals surface area (Å²) in [6.07, 6.45) is 2.96. The van der Waals surface area contributed by atoms with Crippen LogP contribution in [0.15, 0.2) is 0 Å². The van der Waals surface area contributed by atoms with Crippen LogP contribution >= 0.6 is 0 Å². The number of rotatable bonds is 6. The standard InChI is InChI=1S/C10H17NO/c1-3-4-5-7-10(12)8-6-9-11-2/h11H,5-9H2,1-2H3. The van der Waals surface area contributed by atoms with Crippen LogP contribution in [-0.2, 0) is 4.79 Å². The molecule has 0 amide bonds. The maximum absolute atomic E-state index is 11.1. The largest absolute Gasteiger partial charge is 0.320 e. The second-order valence-corrected chi connectivity index (χ2v) is 2.67. The Bertz CT molecular complexity index is 176. The summed E-state index contributed by atoms with van der Waals surface area (Å²) in [5.41, 5.74) is 0. The Morgan fingerprint density at radius 1 is 1.42 bits per heavy atom. The lowest BCUT2D eigenvalue weighted by Gasteiger charge is -1.97. The summed E-state index contributed by atoms with van der Waals surface area (Å²) in [5, 5.41) is 3.01. The molecule has 0 fully saturated rings. The molecular weight excluding hydrogens is 150 g/mol. The zero-order chi connectivity index (χ0) is 9.23. The minimum absolute atomic E-state index is 0.327. The van der Waals surface area contributed by atoms with Gasteiger partial charge in [0, 0.05) is 19.3 Å². The van der Waals surface area contributed by atoms with Crippen molar-refractivity contribution in [3.63, 3.8) is 0 Å². The van der Waals surface area contributed by atoms with Crippen molar-refractivity contribution in [2.75, 3.05) is 13.6 Å². The number of carbonyl (C=O) groups is 1. The lowest BCUT2D eigenvalue weighted by molar-refractivity contribution is -0.119. The monoisotopic (exact) mass is 167 g/mol. The Hall–Kier alpha value is -0.810. The summed E-state index contributed by atoms with van der Waals surface area (Å²) in [7, 11) is 1.90. The van der Waals surface area contributed by atoms with Gasteiger partial charge in [-0.15, -0.1) is 11.8 Å². The fraction of sp³-hybridized carbons (Fsp3) is 0.700. The van der Waals surface area contributed by atoms with E-state index in [2.05, 4.69) is 17.2 Å². The van der Waals surface area contributed by atoms with Gasteiger partial charge in [0.2, 0.25) is 0 Å². The van der Waals surface area contributed by atoms with Crippen molar-refractivity contribution in [1.82, 2.24) is 5.32 Å². The van der Waals surface area contributed by atoms with Crippen molar-refractivity contribution in [1.29, 1.82) is 0 Å². The van der Waals surface area contributed by atoms with Crippen LogP contribution in [0.1, 0.15) is 32.6 Å². The average Bonchev–Trinajstić information content (AvgIpc) is 2.06. The number of nitrogens with one attached hydrogen (secondary N) is 1. The maximum atomic E-state index is 11.1. The van der Waals surface area contributed by atoms with E-state index in [0.29, 0.717) is 18.6 Å². The second kappa shape index (κ2) is 8.29. The van der Waals surface area contributed by atoms with Crippen LogP contribution in [0.3, 0.4) is 0 Å². The van der Waals surface area contributed by atoms with E-state index in [1.54, 1.807) is 6.92 Å². The third kappa shape index (κ3) is 7.30. The van der Waals surface area contributed by atoms with E-state index in [-0.39, 0.29) is 0 Å². The molecule has 0 aromatic carbocycles. The van der Waals surface area contributed by atoms with Gasteiger partial charge < -0.3 is 5.32 Å². The van der Waals surface area contributed by atoms with E-state index in [9.17, 15) is 4.79 Å². The summed E-state index contributed by atoms with van der Waals surface area (Å²) >= 11 is 0. The molecule has 0 spiro atoms. The van der Waals surface area contributed by atoms with Gasteiger partial charge in [-0.1, -0.05) is 0 Å². The van der Waals surface area contributed by atoms with E-state index in [0.717, 1.165) is 19.4 Å². The second-order valence-electron chi connectivity index (χ2n) is 2.67. The molecule has 0 unspecified atom stereocenters. The smallest absolute Gasteiger partial charge is 0.133 e. The average molecular weight is 167 g/mol. The van der Waals surface area contributed by atoms with Crippen LogP contribution in [-0.4, -0.2) is 19.4 Å². The molecular formula is C10H17NO. The predicted molar refractivity (Wildman–Crippen MR) is 50.9 cm³/mol. The van der Waals surface area contributed by atoms with Crippen LogP contribution in [0.4, 0.5) is 0 Å². The molecule has 0 heterocycles. The number of Topliss-reactive ketones (excluding diaryl/α,β-unsaturated/α-hetero) is 1. The van der Waals surface area contributed by atoms with Crippen molar-refractivity contribution >= 4 is 5.78 Å². The van der Waals surface area contributed by atoms with Crippen LogP contribution in [0.5, 0.6) is 0 Å². The third-order valence-corrected chi connectivity index (χ3v) is 1.59. The summed E-state index contributed by atoms with van der Waals surface area (Å²) in [6, 6.07) is 0. The molecule has 0 aliphatic heterocycles. The summed E-state index contributed by atoms with van der Waals surface area (Å²) in [4.78, 5) is 11.1. The molecule has 1 N–H and O–H groups in total. The summed E-state index contributed by atoms with van der Waals surface area (Å²) in [5.74, 6) is 5.99. The fourth-order valence-electron chi connectivity index (χ4n) is 0.914. The van der Waals surface area contributed by atoms with E-state index < -0.39 is 0 Å². The normalized spacial score (nSPS) is 8.83. The Labute approximate surface area is 74.7 Å². The van der Waals surface area contributed by atoms with E-state index in [1.807, 2.05) is 7.05 Å². The topological polar surface area (TPSA) is 29.1 Å². The Kier molecular flexibility index (Phi) is 7.73. The SMILES string of the molecule is CC#CCCC(=O)CCCNC. The number of hydrogen-bond donors (Lipinski definition) is 1. The molecule has 0 aliphatic rings. The van der Waals surface area contributed by atoms with Gasteiger partial charge in [0.25, 0.3) is 0 Å². The lowest BCUT2D eigenvalue weighted by atomic mass is 10.1. The molecule has 0 rings (SSSR count). The highest BCUT2D eigenvalue weighted by atomic mass is 16.1. The Balaban J connectivity index is 3.25. The van der Waals surface area contributed by atoms with Crippen molar-refractivity contribution in [2.45, 2.75) is 32.6 Å². The molecule has 0 saturated heterocycles. The molecule has 2 heteroatoms. The highest BCUT2D eigenvalue weighted by Crippen LogP contribution is 1.96. The first-order valence-electron chi connectivity index (χ1n) is 4.37. The number of carbonyl (C=O) groups excluding carboxylic acids is 1. The van der Waals surface area contributed by atoms with Gasteiger partial charge in [0.1, 0.15) is 5.78 Å². The molecule has 68 valence electrons. The molecule has 0 aromatic heterocycles. The van der Waals surface area contributed by atoms with Gasteiger partial charge in [-0.05, 0) is 26.9 Å². The molecule has 0 atom stereocenters. The highest BCUT2D eigenvalue weighted by Gasteiger charge is 1.98.